The smallest absolute Gasteiger partial charge is 0.238 e. The van der Waals surface area contributed by atoms with Gasteiger partial charge in [0.15, 0.2) is 5.82 Å². The lowest BCUT2D eigenvalue weighted by atomic mass is 10.1. The highest BCUT2D eigenvalue weighted by atomic mass is 32.2. The summed E-state index contributed by atoms with van der Waals surface area (Å²) >= 11 is 0. The fourth-order valence-corrected chi connectivity index (χ4v) is 3.73. The molecule has 1 aliphatic rings. The van der Waals surface area contributed by atoms with Gasteiger partial charge in [-0.1, -0.05) is 6.07 Å². The summed E-state index contributed by atoms with van der Waals surface area (Å²) in [5.41, 5.74) is 0.223. The van der Waals surface area contributed by atoms with Gasteiger partial charge in [-0.3, -0.25) is 4.72 Å². The Hall–Kier alpha value is -2.13. The van der Waals surface area contributed by atoms with Crippen LogP contribution in [0.4, 0.5) is 14.6 Å². The van der Waals surface area contributed by atoms with Gasteiger partial charge in [-0.25, -0.2) is 17.2 Å². The zero-order valence-corrected chi connectivity index (χ0v) is 13.5. The topological polar surface area (TPSA) is 84.0 Å². The zero-order chi connectivity index (χ0) is 17.2. The standard InChI is InChI=1S/C15H16F2N4O2S/c16-11-3-1-4-12(17)10(11)9-24(22,23)21-15-7-6-14(19-20-15)13-5-2-8-18-13/h1,3-4,6-7,13,18H,2,5,8-9H2,(H,20,21). The highest BCUT2D eigenvalue weighted by Gasteiger charge is 2.20. The van der Waals surface area contributed by atoms with E-state index in [-0.39, 0.29) is 11.9 Å². The lowest BCUT2D eigenvalue weighted by molar-refractivity contribution is 0.557. The molecule has 0 spiro atoms. The van der Waals surface area contributed by atoms with Gasteiger partial charge in [0.1, 0.15) is 17.4 Å². The number of benzene rings is 1. The number of rotatable bonds is 5. The molecule has 1 fully saturated rings. The van der Waals surface area contributed by atoms with Crippen molar-refractivity contribution in [2.75, 3.05) is 11.3 Å². The van der Waals surface area contributed by atoms with E-state index in [2.05, 4.69) is 20.2 Å². The van der Waals surface area contributed by atoms with Crippen LogP contribution in [0, 0.1) is 11.6 Å². The van der Waals surface area contributed by atoms with E-state index < -0.39 is 33.0 Å². The predicted octanol–water partition coefficient (Wildman–Crippen LogP) is 2.12. The van der Waals surface area contributed by atoms with Gasteiger partial charge in [0, 0.05) is 5.56 Å². The van der Waals surface area contributed by atoms with Crippen molar-refractivity contribution < 1.29 is 17.2 Å². The molecule has 2 heterocycles. The van der Waals surface area contributed by atoms with Crippen LogP contribution in [0.5, 0.6) is 0 Å². The molecule has 1 aliphatic heterocycles. The molecule has 0 saturated carbocycles. The van der Waals surface area contributed by atoms with Crippen molar-refractivity contribution in [2.45, 2.75) is 24.6 Å². The Morgan fingerprint density at radius 2 is 1.92 bits per heavy atom. The Labute approximate surface area is 138 Å². The van der Waals surface area contributed by atoms with E-state index in [1.54, 1.807) is 6.07 Å². The predicted molar refractivity (Wildman–Crippen MR) is 84.6 cm³/mol. The van der Waals surface area contributed by atoms with Crippen LogP contribution in [0.1, 0.15) is 30.1 Å². The van der Waals surface area contributed by atoms with Gasteiger partial charge in [0.2, 0.25) is 10.0 Å². The summed E-state index contributed by atoms with van der Waals surface area (Å²) in [6.45, 7) is 0.912. The first-order chi connectivity index (χ1) is 11.4. The molecule has 0 bridgehead atoms. The summed E-state index contributed by atoms with van der Waals surface area (Å²) in [7, 11) is -4.01. The van der Waals surface area contributed by atoms with Crippen LogP contribution in [-0.4, -0.2) is 25.2 Å². The van der Waals surface area contributed by atoms with Gasteiger partial charge in [-0.05, 0) is 43.7 Å². The van der Waals surface area contributed by atoms with Crippen molar-refractivity contribution in [3.05, 3.63) is 53.2 Å². The van der Waals surface area contributed by atoms with E-state index in [1.165, 1.54) is 12.1 Å². The average Bonchev–Trinajstić information content (AvgIpc) is 3.06. The van der Waals surface area contributed by atoms with Crippen molar-refractivity contribution in [3.63, 3.8) is 0 Å². The summed E-state index contributed by atoms with van der Waals surface area (Å²) in [5.74, 6) is -2.63. The Balaban J connectivity index is 1.72. The fourth-order valence-electron chi connectivity index (χ4n) is 2.58. The van der Waals surface area contributed by atoms with Crippen molar-refractivity contribution in [3.8, 4) is 0 Å². The van der Waals surface area contributed by atoms with E-state index >= 15 is 0 Å². The van der Waals surface area contributed by atoms with Crippen LogP contribution >= 0.6 is 0 Å². The van der Waals surface area contributed by atoms with Crippen LogP contribution in [0.15, 0.2) is 30.3 Å². The van der Waals surface area contributed by atoms with Crippen molar-refractivity contribution >= 4 is 15.8 Å². The molecule has 3 rings (SSSR count). The van der Waals surface area contributed by atoms with Gasteiger partial charge < -0.3 is 5.32 Å². The maximum absolute atomic E-state index is 13.6. The molecule has 2 aromatic rings. The lowest BCUT2D eigenvalue weighted by Gasteiger charge is -2.11. The number of nitrogens with zero attached hydrogens (tertiary/aromatic N) is 2. The second kappa shape index (κ2) is 6.78. The third-order valence-electron chi connectivity index (χ3n) is 3.76. The monoisotopic (exact) mass is 354 g/mol. The maximum Gasteiger partial charge on any atom is 0.238 e. The quantitative estimate of drug-likeness (QED) is 0.859. The first-order valence-electron chi connectivity index (χ1n) is 7.45. The van der Waals surface area contributed by atoms with Crippen molar-refractivity contribution in [2.24, 2.45) is 0 Å². The highest BCUT2D eigenvalue weighted by molar-refractivity contribution is 7.91. The zero-order valence-electron chi connectivity index (χ0n) is 12.7. The lowest BCUT2D eigenvalue weighted by Crippen LogP contribution is -2.19. The van der Waals surface area contributed by atoms with Gasteiger partial charge in [0.05, 0.1) is 11.7 Å². The Morgan fingerprint density at radius 3 is 2.50 bits per heavy atom. The average molecular weight is 354 g/mol. The molecule has 1 aromatic carbocycles. The fraction of sp³-hybridized carbons (Fsp3) is 0.333. The van der Waals surface area contributed by atoms with E-state index in [0.717, 1.165) is 37.2 Å². The first kappa shape index (κ1) is 16.7. The highest BCUT2D eigenvalue weighted by Crippen LogP contribution is 2.21. The van der Waals surface area contributed by atoms with E-state index in [0.29, 0.717) is 0 Å². The Kier molecular flexibility index (Phi) is 4.72. The third-order valence-corrected chi connectivity index (χ3v) is 4.95. The van der Waals surface area contributed by atoms with E-state index in [9.17, 15) is 17.2 Å². The van der Waals surface area contributed by atoms with Gasteiger partial charge in [-0.15, -0.1) is 5.10 Å². The molecule has 1 atom stereocenters. The number of hydrogen-bond donors (Lipinski definition) is 2. The van der Waals surface area contributed by atoms with Crippen LogP contribution in [-0.2, 0) is 15.8 Å². The Morgan fingerprint density at radius 1 is 1.17 bits per heavy atom. The molecule has 2 N–H and O–H groups in total. The molecule has 0 amide bonds. The van der Waals surface area contributed by atoms with Crippen LogP contribution < -0.4 is 10.0 Å². The first-order valence-corrected chi connectivity index (χ1v) is 9.10. The van der Waals surface area contributed by atoms with Gasteiger partial charge in [-0.2, -0.15) is 5.10 Å². The maximum atomic E-state index is 13.6. The normalized spacial score (nSPS) is 17.8. The molecule has 9 heteroatoms. The minimum absolute atomic E-state index is 0.00787. The summed E-state index contributed by atoms with van der Waals surface area (Å²) in [5, 5.41) is 11.1. The number of nitrogens with one attached hydrogen (secondary N) is 2. The molecule has 1 saturated heterocycles. The van der Waals surface area contributed by atoms with Gasteiger partial charge >= 0.3 is 0 Å². The summed E-state index contributed by atoms with van der Waals surface area (Å²) < 4.78 is 53.5. The molecule has 24 heavy (non-hydrogen) atoms. The molecule has 6 nitrogen and oxygen atoms in total. The summed E-state index contributed by atoms with van der Waals surface area (Å²) in [6.07, 6.45) is 2.00. The van der Waals surface area contributed by atoms with E-state index in [1.807, 2.05) is 0 Å². The summed E-state index contributed by atoms with van der Waals surface area (Å²) in [4.78, 5) is 0. The largest absolute Gasteiger partial charge is 0.309 e. The van der Waals surface area contributed by atoms with Crippen LogP contribution in [0.2, 0.25) is 0 Å². The minimum atomic E-state index is -4.01. The molecule has 1 aromatic heterocycles. The van der Waals surface area contributed by atoms with Crippen LogP contribution in [0.3, 0.4) is 0 Å². The Bertz CT molecular complexity index is 802. The van der Waals surface area contributed by atoms with Crippen molar-refractivity contribution in [1.29, 1.82) is 0 Å². The van der Waals surface area contributed by atoms with Gasteiger partial charge in [0.25, 0.3) is 0 Å². The second-order valence-corrected chi connectivity index (χ2v) is 7.28. The molecule has 0 aliphatic carbocycles. The number of sulfonamides is 1. The number of aromatic nitrogens is 2. The molecule has 1 unspecified atom stereocenters. The van der Waals surface area contributed by atoms with Crippen LogP contribution in [0.25, 0.3) is 0 Å². The molecule has 0 radical (unpaired) electrons. The van der Waals surface area contributed by atoms with Crippen molar-refractivity contribution in [1.82, 2.24) is 15.5 Å². The number of anilines is 1. The SMILES string of the molecule is O=S(=O)(Cc1c(F)cccc1F)Nc1ccc(C2CCCN2)nn1. The number of hydrogen-bond acceptors (Lipinski definition) is 5. The molecular weight excluding hydrogens is 338 g/mol. The molecular formula is C15H16F2N4O2S. The summed E-state index contributed by atoms with van der Waals surface area (Å²) in [6, 6.07) is 6.48. The number of halogens is 2. The van der Waals surface area contributed by atoms with E-state index in [4.69, 9.17) is 0 Å². The minimum Gasteiger partial charge on any atom is -0.309 e. The third kappa shape index (κ3) is 3.85. The second-order valence-electron chi connectivity index (χ2n) is 5.55. The molecule has 128 valence electrons.